The van der Waals surface area contributed by atoms with Gasteiger partial charge in [-0.25, -0.2) is 0 Å². The minimum absolute atomic E-state index is 0.00756. The maximum absolute atomic E-state index is 14.1. The van der Waals surface area contributed by atoms with Gasteiger partial charge in [-0.05, 0) is 81.7 Å². The Hall–Kier alpha value is -3.08. The van der Waals surface area contributed by atoms with E-state index in [1.165, 1.54) is 0 Å². The molecule has 44 heavy (non-hydrogen) atoms. The first-order chi connectivity index (χ1) is 20.0. The predicted molar refractivity (Wildman–Crippen MR) is 181 cm³/mol. The number of benzene rings is 2. The Kier molecular flexibility index (Phi) is 11.7. The third-order valence-electron chi connectivity index (χ3n) is 11.1. The summed E-state index contributed by atoms with van der Waals surface area (Å²) in [6.45, 7) is 27.6. The van der Waals surface area contributed by atoms with Crippen molar-refractivity contribution in [3.05, 3.63) is 66.4 Å². The lowest BCUT2D eigenvalue weighted by atomic mass is 9.52. The lowest BCUT2D eigenvalue weighted by Crippen LogP contribution is -2.49. The number of hydrogen-bond acceptors (Lipinski definition) is 4. The summed E-state index contributed by atoms with van der Waals surface area (Å²) in [6.07, 6.45) is 4.57. The van der Waals surface area contributed by atoms with Gasteiger partial charge >= 0.3 is 11.9 Å². The molecule has 0 spiro atoms. The maximum atomic E-state index is 14.1. The zero-order chi connectivity index (χ0) is 33.7. The van der Waals surface area contributed by atoms with Gasteiger partial charge in [-0.2, -0.15) is 0 Å². The lowest BCUT2D eigenvalue weighted by molar-refractivity contribution is -0.156. The van der Waals surface area contributed by atoms with Gasteiger partial charge in [0.1, 0.15) is 11.5 Å². The van der Waals surface area contributed by atoms with Crippen LogP contribution in [0.1, 0.15) is 108 Å². The van der Waals surface area contributed by atoms with Gasteiger partial charge in [0.15, 0.2) is 0 Å². The zero-order valence-corrected chi connectivity index (χ0v) is 29.6. The van der Waals surface area contributed by atoms with Crippen molar-refractivity contribution in [3.8, 4) is 11.5 Å². The van der Waals surface area contributed by atoms with Gasteiger partial charge in [-0.3, -0.25) is 9.59 Å². The van der Waals surface area contributed by atoms with Crippen LogP contribution in [-0.4, -0.2) is 17.0 Å². The van der Waals surface area contributed by atoms with Gasteiger partial charge in [-0.1, -0.05) is 120 Å². The third kappa shape index (κ3) is 9.22. The molecule has 0 saturated carbocycles. The van der Waals surface area contributed by atoms with Crippen molar-refractivity contribution in [1.29, 1.82) is 0 Å². The third-order valence-corrected chi connectivity index (χ3v) is 11.1. The van der Waals surface area contributed by atoms with Crippen molar-refractivity contribution < 1.29 is 24.2 Å². The van der Waals surface area contributed by atoms with Crippen LogP contribution in [0.4, 0.5) is 0 Å². The Balaban J connectivity index is 2.35. The van der Waals surface area contributed by atoms with E-state index in [0.717, 1.165) is 11.3 Å². The molecule has 2 rings (SSSR count). The van der Waals surface area contributed by atoms with Crippen molar-refractivity contribution in [3.63, 3.8) is 0 Å². The Labute approximate surface area is 267 Å². The number of carboxylic acids is 1. The Bertz CT molecular complexity index is 1250. The molecule has 0 amide bonds. The molecule has 2 aromatic rings. The Morgan fingerprint density at radius 1 is 0.750 bits per heavy atom. The molecule has 0 heterocycles. The standard InChI is InChI=1S/C39H58O5/c1-27(35(2,3)4)25-31(39(12,13)37(8,9)26-32(33(40)41)38(10,11)36(5,6)7)34(42)44-30-21-19-28(20-22-30)23-24-43-29-17-15-14-16-18-29/h14-24,27,31-32H,25-26H2,1-13H3,(H,40,41)/b24-23+. The number of para-hydroxylation sites is 1. The average Bonchev–Trinajstić information content (AvgIpc) is 2.90. The molecule has 5 heteroatoms. The predicted octanol–water partition coefficient (Wildman–Crippen LogP) is 10.5. The molecule has 0 saturated heterocycles. The molecule has 1 N–H and O–H groups in total. The van der Waals surface area contributed by atoms with Gasteiger partial charge in [0, 0.05) is 0 Å². The normalized spacial score (nSPS) is 15.5. The van der Waals surface area contributed by atoms with Gasteiger partial charge in [0.2, 0.25) is 0 Å². The summed E-state index contributed by atoms with van der Waals surface area (Å²) in [5.41, 5.74) is -0.836. The number of aliphatic carboxylic acids is 1. The summed E-state index contributed by atoms with van der Waals surface area (Å²) in [6, 6.07) is 16.9. The number of carbonyl (C=O) groups is 2. The summed E-state index contributed by atoms with van der Waals surface area (Å²) in [7, 11) is 0. The minimum atomic E-state index is -0.792. The van der Waals surface area contributed by atoms with Crippen LogP contribution >= 0.6 is 0 Å². The quantitative estimate of drug-likeness (QED) is 0.139. The van der Waals surface area contributed by atoms with Crippen molar-refractivity contribution in [1.82, 2.24) is 0 Å². The number of ether oxygens (including phenoxy) is 2. The number of hydrogen-bond donors (Lipinski definition) is 1. The molecule has 2 aromatic carbocycles. The Morgan fingerprint density at radius 2 is 1.30 bits per heavy atom. The Morgan fingerprint density at radius 3 is 1.77 bits per heavy atom. The van der Waals surface area contributed by atoms with E-state index in [1.807, 2.05) is 48.5 Å². The molecular formula is C39H58O5. The molecule has 5 nitrogen and oxygen atoms in total. The van der Waals surface area contributed by atoms with Gasteiger partial charge in [-0.15, -0.1) is 0 Å². The number of rotatable bonds is 13. The topological polar surface area (TPSA) is 72.8 Å². The van der Waals surface area contributed by atoms with Crippen molar-refractivity contribution in [2.45, 2.75) is 103 Å². The molecular weight excluding hydrogens is 548 g/mol. The summed E-state index contributed by atoms with van der Waals surface area (Å²) in [4.78, 5) is 26.8. The summed E-state index contributed by atoms with van der Waals surface area (Å²) < 4.78 is 11.7. The second-order valence-corrected chi connectivity index (χ2v) is 16.5. The van der Waals surface area contributed by atoms with E-state index in [0.29, 0.717) is 18.6 Å². The fraction of sp³-hybridized carbons (Fsp3) is 0.590. The SMILES string of the molecule is CC(CC(C(=O)Oc1ccc(/C=C/Oc2ccccc2)cc1)C(C)(C)C(C)(C)CC(C(=O)O)C(C)(C)C(C)(C)C)C(C)(C)C. The van der Waals surface area contributed by atoms with Gasteiger partial charge < -0.3 is 14.6 Å². The molecule has 3 unspecified atom stereocenters. The van der Waals surface area contributed by atoms with Crippen molar-refractivity contribution in [2.24, 2.45) is 44.8 Å². The fourth-order valence-electron chi connectivity index (χ4n) is 5.34. The smallest absolute Gasteiger partial charge is 0.314 e. The molecule has 0 fully saturated rings. The number of carbonyl (C=O) groups excluding carboxylic acids is 1. The van der Waals surface area contributed by atoms with E-state index in [1.54, 1.807) is 18.4 Å². The zero-order valence-electron chi connectivity index (χ0n) is 29.6. The molecule has 0 aromatic heterocycles. The highest BCUT2D eigenvalue weighted by Gasteiger charge is 2.53. The summed E-state index contributed by atoms with van der Waals surface area (Å²) in [5, 5.41) is 10.4. The fourth-order valence-corrected chi connectivity index (χ4v) is 5.34. The first kappa shape index (κ1) is 37.1. The number of esters is 1. The van der Waals surface area contributed by atoms with E-state index in [9.17, 15) is 14.7 Å². The van der Waals surface area contributed by atoms with Crippen LogP contribution in [-0.2, 0) is 9.59 Å². The van der Waals surface area contributed by atoms with Crippen LogP contribution in [0.3, 0.4) is 0 Å². The highest BCUT2D eigenvalue weighted by molar-refractivity contribution is 5.76. The van der Waals surface area contributed by atoms with Crippen molar-refractivity contribution >= 4 is 18.0 Å². The van der Waals surface area contributed by atoms with Crippen LogP contribution in [0.2, 0.25) is 0 Å². The van der Waals surface area contributed by atoms with Crippen LogP contribution in [0.25, 0.3) is 6.08 Å². The number of carboxylic acid groups (broad SMARTS) is 1. The lowest BCUT2D eigenvalue weighted by Gasteiger charge is -2.51. The monoisotopic (exact) mass is 606 g/mol. The highest BCUT2D eigenvalue weighted by Crippen LogP contribution is 2.55. The van der Waals surface area contributed by atoms with E-state index in [-0.39, 0.29) is 22.7 Å². The first-order valence-corrected chi connectivity index (χ1v) is 15.9. The molecule has 0 aliphatic carbocycles. The highest BCUT2D eigenvalue weighted by atomic mass is 16.5. The molecule has 0 bridgehead atoms. The molecule has 0 aliphatic heterocycles. The molecule has 3 atom stereocenters. The average molecular weight is 607 g/mol. The van der Waals surface area contributed by atoms with Crippen molar-refractivity contribution in [2.75, 3.05) is 0 Å². The van der Waals surface area contributed by atoms with E-state index in [4.69, 9.17) is 9.47 Å². The van der Waals surface area contributed by atoms with Crippen LogP contribution in [0, 0.1) is 44.8 Å². The van der Waals surface area contributed by atoms with E-state index >= 15 is 0 Å². The van der Waals surface area contributed by atoms with Crippen LogP contribution in [0.5, 0.6) is 11.5 Å². The van der Waals surface area contributed by atoms with Crippen LogP contribution < -0.4 is 9.47 Å². The van der Waals surface area contributed by atoms with Crippen LogP contribution in [0.15, 0.2) is 60.9 Å². The largest absolute Gasteiger partial charge is 0.481 e. The molecule has 0 aliphatic rings. The maximum Gasteiger partial charge on any atom is 0.314 e. The minimum Gasteiger partial charge on any atom is -0.481 e. The summed E-state index contributed by atoms with van der Waals surface area (Å²) >= 11 is 0. The second kappa shape index (κ2) is 13.9. The molecule has 244 valence electrons. The molecule has 0 radical (unpaired) electrons. The van der Waals surface area contributed by atoms with Gasteiger partial charge in [0.05, 0.1) is 18.1 Å². The summed E-state index contributed by atoms with van der Waals surface area (Å²) in [5.74, 6) is -0.634. The van der Waals surface area contributed by atoms with Gasteiger partial charge in [0.25, 0.3) is 0 Å². The first-order valence-electron chi connectivity index (χ1n) is 15.9. The second-order valence-electron chi connectivity index (χ2n) is 16.5. The van der Waals surface area contributed by atoms with E-state index < -0.39 is 34.1 Å². The van der Waals surface area contributed by atoms with E-state index in [2.05, 4.69) is 90.0 Å².